The van der Waals surface area contributed by atoms with Crippen LogP contribution in [0.15, 0.2) is 42.7 Å². The highest BCUT2D eigenvalue weighted by molar-refractivity contribution is 5.85. The number of aromatic nitrogens is 2. The highest BCUT2D eigenvalue weighted by Crippen LogP contribution is 2.25. The first kappa shape index (κ1) is 17.0. The van der Waals surface area contributed by atoms with E-state index in [1.54, 1.807) is 0 Å². The molecular formula is C17H25ClN4. The molecule has 1 unspecified atom stereocenters. The van der Waals surface area contributed by atoms with Gasteiger partial charge in [0.25, 0.3) is 0 Å². The van der Waals surface area contributed by atoms with Gasteiger partial charge in [-0.25, -0.2) is 4.68 Å². The predicted octanol–water partition coefficient (Wildman–Crippen LogP) is 2.73. The molecule has 0 bridgehead atoms. The molecule has 2 aromatic rings. The Balaban J connectivity index is 0.00000176. The molecule has 4 nitrogen and oxygen atoms in total. The number of hydrogen-bond acceptors (Lipinski definition) is 3. The van der Waals surface area contributed by atoms with Crippen LogP contribution in [0, 0.1) is 5.41 Å². The van der Waals surface area contributed by atoms with Gasteiger partial charge in [0, 0.05) is 31.4 Å². The Labute approximate surface area is 138 Å². The van der Waals surface area contributed by atoms with Crippen molar-refractivity contribution in [2.24, 2.45) is 5.41 Å². The second-order valence-corrected chi connectivity index (χ2v) is 6.54. The molecular weight excluding hydrogens is 296 g/mol. The maximum absolute atomic E-state index is 4.47. The summed E-state index contributed by atoms with van der Waals surface area (Å²) in [7, 11) is 2.20. The number of hydrogen-bond donors (Lipinski definition) is 1. The van der Waals surface area contributed by atoms with Crippen LogP contribution >= 0.6 is 12.4 Å². The van der Waals surface area contributed by atoms with Crippen LogP contribution in [0.3, 0.4) is 0 Å². The topological polar surface area (TPSA) is 33.1 Å². The van der Waals surface area contributed by atoms with Crippen molar-refractivity contribution in [3.63, 3.8) is 0 Å². The van der Waals surface area contributed by atoms with Crippen molar-refractivity contribution in [2.75, 3.05) is 26.7 Å². The number of nitrogens with zero attached hydrogens (tertiary/aromatic N) is 3. The third-order valence-corrected chi connectivity index (χ3v) is 4.22. The first-order chi connectivity index (χ1) is 10.1. The fourth-order valence-electron chi connectivity index (χ4n) is 3.19. The largest absolute Gasteiger partial charge is 0.316 e. The van der Waals surface area contributed by atoms with Crippen LogP contribution in [0.4, 0.5) is 0 Å². The van der Waals surface area contributed by atoms with Crippen molar-refractivity contribution in [3.8, 4) is 5.69 Å². The summed E-state index contributed by atoms with van der Waals surface area (Å²) in [6.45, 7) is 6.72. The van der Waals surface area contributed by atoms with Gasteiger partial charge in [0.15, 0.2) is 0 Å². The third kappa shape index (κ3) is 4.09. The zero-order valence-electron chi connectivity index (χ0n) is 13.3. The van der Waals surface area contributed by atoms with E-state index in [2.05, 4.69) is 47.6 Å². The standard InChI is InChI=1S/C17H24N4.ClH/c1-17(8-9-18-13-17)14-20(2)11-15-10-19-21(12-15)16-6-4-3-5-7-16;/h3-7,10,12,18H,8-9,11,13-14H2,1-2H3;1H. The SMILES string of the molecule is CN(Cc1cnn(-c2ccccc2)c1)CC1(C)CCNC1.Cl. The molecule has 22 heavy (non-hydrogen) atoms. The lowest BCUT2D eigenvalue weighted by molar-refractivity contribution is 0.203. The molecule has 1 aromatic carbocycles. The van der Waals surface area contributed by atoms with Gasteiger partial charge >= 0.3 is 0 Å². The number of halogens is 1. The Bertz CT molecular complexity index is 575. The molecule has 2 heterocycles. The Morgan fingerprint density at radius 2 is 2.09 bits per heavy atom. The van der Waals surface area contributed by atoms with Gasteiger partial charge in [-0.1, -0.05) is 25.1 Å². The van der Waals surface area contributed by atoms with E-state index in [1.807, 2.05) is 29.1 Å². The van der Waals surface area contributed by atoms with Crippen LogP contribution in [0.2, 0.25) is 0 Å². The molecule has 1 N–H and O–H groups in total. The van der Waals surface area contributed by atoms with Gasteiger partial charge in [-0.2, -0.15) is 5.10 Å². The molecule has 1 aliphatic rings. The molecule has 1 saturated heterocycles. The minimum Gasteiger partial charge on any atom is -0.316 e. The second-order valence-electron chi connectivity index (χ2n) is 6.54. The van der Waals surface area contributed by atoms with Crippen LogP contribution in [-0.2, 0) is 6.54 Å². The van der Waals surface area contributed by atoms with Gasteiger partial charge in [0.05, 0.1) is 11.9 Å². The summed E-state index contributed by atoms with van der Waals surface area (Å²) in [6, 6.07) is 10.3. The van der Waals surface area contributed by atoms with Crippen molar-refractivity contribution < 1.29 is 0 Å². The van der Waals surface area contributed by atoms with E-state index in [0.717, 1.165) is 31.9 Å². The average molecular weight is 321 g/mol. The monoisotopic (exact) mass is 320 g/mol. The highest BCUT2D eigenvalue weighted by atomic mass is 35.5. The summed E-state index contributed by atoms with van der Waals surface area (Å²) >= 11 is 0. The van der Waals surface area contributed by atoms with Gasteiger partial charge < -0.3 is 10.2 Å². The van der Waals surface area contributed by atoms with Crippen molar-refractivity contribution >= 4 is 12.4 Å². The summed E-state index contributed by atoms with van der Waals surface area (Å²) in [5, 5.41) is 7.93. The normalized spacial score (nSPS) is 21.0. The van der Waals surface area contributed by atoms with Crippen molar-refractivity contribution in [1.29, 1.82) is 0 Å². The summed E-state index contributed by atoms with van der Waals surface area (Å²) in [5.41, 5.74) is 2.78. The average Bonchev–Trinajstić information content (AvgIpc) is 3.09. The molecule has 0 spiro atoms. The molecule has 1 atom stereocenters. The Morgan fingerprint density at radius 1 is 1.32 bits per heavy atom. The van der Waals surface area contributed by atoms with Crippen LogP contribution in [-0.4, -0.2) is 41.4 Å². The van der Waals surface area contributed by atoms with E-state index in [4.69, 9.17) is 0 Å². The minimum absolute atomic E-state index is 0. The molecule has 0 radical (unpaired) electrons. The zero-order valence-corrected chi connectivity index (χ0v) is 14.1. The number of nitrogens with one attached hydrogen (secondary N) is 1. The molecule has 0 aliphatic carbocycles. The maximum Gasteiger partial charge on any atom is 0.0645 e. The Morgan fingerprint density at radius 3 is 2.77 bits per heavy atom. The predicted molar refractivity (Wildman–Crippen MR) is 92.7 cm³/mol. The van der Waals surface area contributed by atoms with Gasteiger partial charge in [-0.15, -0.1) is 12.4 Å². The first-order valence-electron chi connectivity index (χ1n) is 7.63. The summed E-state index contributed by atoms with van der Waals surface area (Å²) in [4.78, 5) is 2.40. The van der Waals surface area contributed by atoms with Crippen LogP contribution in [0.25, 0.3) is 5.69 Å². The van der Waals surface area contributed by atoms with Gasteiger partial charge in [-0.05, 0) is 37.6 Å². The van der Waals surface area contributed by atoms with E-state index >= 15 is 0 Å². The van der Waals surface area contributed by atoms with E-state index in [-0.39, 0.29) is 12.4 Å². The quantitative estimate of drug-likeness (QED) is 0.919. The second kappa shape index (κ2) is 7.27. The molecule has 5 heteroatoms. The van der Waals surface area contributed by atoms with Crippen LogP contribution < -0.4 is 5.32 Å². The fraction of sp³-hybridized carbons (Fsp3) is 0.471. The van der Waals surface area contributed by atoms with E-state index in [9.17, 15) is 0 Å². The number of benzene rings is 1. The van der Waals surface area contributed by atoms with E-state index in [1.165, 1.54) is 12.0 Å². The Kier molecular flexibility index (Phi) is 5.62. The molecule has 1 aliphatic heterocycles. The minimum atomic E-state index is 0. The lowest BCUT2D eigenvalue weighted by atomic mass is 9.89. The zero-order chi connectivity index (χ0) is 14.7. The van der Waals surface area contributed by atoms with Crippen molar-refractivity contribution in [3.05, 3.63) is 48.3 Å². The molecule has 1 aromatic heterocycles. The highest BCUT2D eigenvalue weighted by Gasteiger charge is 2.29. The fourth-order valence-corrected chi connectivity index (χ4v) is 3.19. The first-order valence-corrected chi connectivity index (χ1v) is 7.63. The lowest BCUT2D eigenvalue weighted by Crippen LogP contribution is -2.34. The van der Waals surface area contributed by atoms with Gasteiger partial charge in [0.2, 0.25) is 0 Å². The smallest absolute Gasteiger partial charge is 0.0645 e. The summed E-state index contributed by atoms with van der Waals surface area (Å²) < 4.78 is 1.95. The van der Waals surface area contributed by atoms with E-state index in [0.29, 0.717) is 5.41 Å². The Hall–Kier alpha value is -1.36. The van der Waals surface area contributed by atoms with Gasteiger partial charge in [0.1, 0.15) is 0 Å². The number of rotatable bonds is 5. The molecule has 0 saturated carbocycles. The lowest BCUT2D eigenvalue weighted by Gasteiger charge is -2.28. The maximum atomic E-state index is 4.47. The third-order valence-electron chi connectivity index (χ3n) is 4.22. The van der Waals surface area contributed by atoms with Crippen molar-refractivity contribution in [1.82, 2.24) is 20.0 Å². The molecule has 3 rings (SSSR count). The van der Waals surface area contributed by atoms with Crippen LogP contribution in [0.1, 0.15) is 18.9 Å². The molecule has 120 valence electrons. The van der Waals surface area contributed by atoms with E-state index < -0.39 is 0 Å². The van der Waals surface area contributed by atoms with Gasteiger partial charge in [-0.3, -0.25) is 0 Å². The summed E-state index contributed by atoms with van der Waals surface area (Å²) in [5.74, 6) is 0. The number of para-hydroxylation sites is 1. The van der Waals surface area contributed by atoms with Crippen molar-refractivity contribution in [2.45, 2.75) is 19.9 Å². The molecule has 1 fully saturated rings. The molecule has 0 amide bonds. The summed E-state index contributed by atoms with van der Waals surface area (Å²) in [6.07, 6.45) is 5.36. The van der Waals surface area contributed by atoms with Crippen LogP contribution in [0.5, 0.6) is 0 Å².